The van der Waals surface area contributed by atoms with Gasteiger partial charge in [0.1, 0.15) is 5.82 Å². The van der Waals surface area contributed by atoms with E-state index in [2.05, 4.69) is 82.8 Å². The maximum atomic E-state index is 4.60. The van der Waals surface area contributed by atoms with Crippen LogP contribution in [0.2, 0.25) is 0 Å². The van der Waals surface area contributed by atoms with Crippen molar-refractivity contribution in [3.63, 3.8) is 0 Å². The molecular weight excluding hydrogens is 346 g/mol. The summed E-state index contributed by atoms with van der Waals surface area (Å²) >= 11 is 0. The zero-order valence-electron chi connectivity index (χ0n) is 16.3. The monoisotopic (exact) mass is 371 g/mol. The Balaban J connectivity index is 1.40. The number of rotatable bonds is 7. The molecular formula is C23H25N5. The van der Waals surface area contributed by atoms with Crippen LogP contribution in [0.3, 0.4) is 0 Å². The molecule has 0 aliphatic carbocycles. The maximum Gasteiger partial charge on any atom is 0.157 e. The summed E-state index contributed by atoms with van der Waals surface area (Å²) in [7, 11) is 0. The predicted octanol–water partition coefficient (Wildman–Crippen LogP) is 4.80. The number of anilines is 1. The minimum absolute atomic E-state index is 0.303. The number of aromatic nitrogens is 4. The van der Waals surface area contributed by atoms with E-state index >= 15 is 0 Å². The third-order valence-corrected chi connectivity index (χ3v) is 4.82. The van der Waals surface area contributed by atoms with Crippen LogP contribution in [0.15, 0.2) is 67.1 Å². The van der Waals surface area contributed by atoms with Crippen molar-refractivity contribution < 1.29 is 0 Å². The zero-order chi connectivity index (χ0) is 19.3. The van der Waals surface area contributed by atoms with Gasteiger partial charge >= 0.3 is 0 Å². The van der Waals surface area contributed by atoms with Crippen molar-refractivity contribution in [3.8, 4) is 0 Å². The minimum atomic E-state index is 0.303. The molecule has 3 heterocycles. The molecule has 1 N–H and O–H groups in total. The lowest BCUT2D eigenvalue weighted by molar-refractivity contribution is 0.546. The van der Waals surface area contributed by atoms with Gasteiger partial charge in [0.05, 0.1) is 6.20 Å². The van der Waals surface area contributed by atoms with Crippen molar-refractivity contribution >= 4 is 16.9 Å². The predicted molar refractivity (Wildman–Crippen MR) is 113 cm³/mol. The van der Waals surface area contributed by atoms with E-state index in [9.17, 15) is 0 Å². The first kappa shape index (κ1) is 18.2. The Kier molecular flexibility index (Phi) is 5.33. The van der Waals surface area contributed by atoms with E-state index in [1.54, 1.807) is 0 Å². The molecule has 4 aromatic rings. The van der Waals surface area contributed by atoms with E-state index in [0.29, 0.717) is 12.6 Å². The average Bonchev–Trinajstić information content (AvgIpc) is 3.15. The second-order valence-corrected chi connectivity index (χ2v) is 7.33. The standard InChI is InChI=1S/C23H25N5/c1-17(2)28-23-21(16-27-28)12-20(15-26-23)14-25-22-13-19(10-11-24-22)9-8-18-6-4-3-5-7-18/h3-7,10-13,15-17H,8-9,14H2,1-2H3,(H,24,25). The average molecular weight is 371 g/mol. The molecule has 0 atom stereocenters. The molecule has 0 radical (unpaired) electrons. The van der Waals surface area contributed by atoms with Gasteiger partial charge in [0.15, 0.2) is 5.65 Å². The molecule has 3 aromatic heterocycles. The molecule has 0 aliphatic heterocycles. The molecule has 28 heavy (non-hydrogen) atoms. The molecule has 1 aromatic carbocycles. The van der Waals surface area contributed by atoms with Gasteiger partial charge in [0.2, 0.25) is 0 Å². The molecule has 0 fully saturated rings. The van der Waals surface area contributed by atoms with Gasteiger partial charge in [-0.3, -0.25) is 0 Å². The van der Waals surface area contributed by atoms with E-state index in [1.807, 2.05) is 23.3 Å². The Morgan fingerprint density at radius 2 is 1.71 bits per heavy atom. The van der Waals surface area contributed by atoms with Crippen LogP contribution in [0, 0.1) is 0 Å². The van der Waals surface area contributed by atoms with Gasteiger partial charge in [-0.05, 0) is 61.6 Å². The molecule has 0 saturated carbocycles. The first-order chi connectivity index (χ1) is 13.7. The second-order valence-electron chi connectivity index (χ2n) is 7.33. The van der Waals surface area contributed by atoms with Crippen LogP contribution in [0.5, 0.6) is 0 Å². The summed E-state index contributed by atoms with van der Waals surface area (Å²) in [5.41, 5.74) is 4.69. The first-order valence-corrected chi connectivity index (χ1v) is 9.74. The summed E-state index contributed by atoms with van der Waals surface area (Å²) in [6, 6.07) is 17.2. The third kappa shape index (κ3) is 4.19. The van der Waals surface area contributed by atoms with Gasteiger partial charge in [0, 0.05) is 30.4 Å². The Hall–Kier alpha value is -3.21. The molecule has 0 amide bonds. The van der Waals surface area contributed by atoms with E-state index in [4.69, 9.17) is 0 Å². The first-order valence-electron chi connectivity index (χ1n) is 9.74. The number of aryl methyl sites for hydroxylation is 2. The minimum Gasteiger partial charge on any atom is -0.366 e. The largest absolute Gasteiger partial charge is 0.366 e. The van der Waals surface area contributed by atoms with E-state index in [0.717, 1.165) is 35.3 Å². The van der Waals surface area contributed by atoms with Crippen LogP contribution in [-0.4, -0.2) is 19.7 Å². The summed E-state index contributed by atoms with van der Waals surface area (Å²) in [6.45, 7) is 4.91. The van der Waals surface area contributed by atoms with Crippen molar-refractivity contribution in [2.45, 2.75) is 39.3 Å². The molecule has 0 unspecified atom stereocenters. The highest BCUT2D eigenvalue weighted by Crippen LogP contribution is 2.18. The highest BCUT2D eigenvalue weighted by molar-refractivity contribution is 5.75. The molecule has 0 spiro atoms. The van der Waals surface area contributed by atoms with Gasteiger partial charge in [-0.25, -0.2) is 14.6 Å². The number of fused-ring (bicyclic) bond motifs is 1. The van der Waals surface area contributed by atoms with Crippen molar-refractivity contribution in [2.75, 3.05) is 5.32 Å². The highest BCUT2D eigenvalue weighted by Gasteiger charge is 2.08. The zero-order valence-corrected chi connectivity index (χ0v) is 16.3. The SMILES string of the molecule is CC(C)n1ncc2cc(CNc3cc(CCc4ccccc4)ccn3)cnc21. The van der Waals surface area contributed by atoms with Crippen LogP contribution in [-0.2, 0) is 19.4 Å². The number of pyridine rings is 2. The number of nitrogens with zero attached hydrogens (tertiary/aromatic N) is 4. The van der Waals surface area contributed by atoms with Crippen LogP contribution < -0.4 is 5.32 Å². The number of nitrogens with one attached hydrogen (secondary N) is 1. The Morgan fingerprint density at radius 1 is 0.893 bits per heavy atom. The normalized spacial score (nSPS) is 11.2. The fraction of sp³-hybridized carbons (Fsp3) is 0.261. The quantitative estimate of drug-likeness (QED) is 0.507. The lowest BCUT2D eigenvalue weighted by Crippen LogP contribution is -2.05. The Bertz CT molecular complexity index is 1050. The van der Waals surface area contributed by atoms with Gasteiger partial charge in [0.25, 0.3) is 0 Å². The van der Waals surface area contributed by atoms with Gasteiger partial charge < -0.3 is 5.32 Å². The second kappa shape index (κ2) is 8.21. The molecule has 0 saturated heterocycles. The lowest BCUT2D eigenvalue weighted by Gasteiger charge is -2.09. The Labute approximate surface area is 165 Å². The molecule has 0 aliphatic rings. The smallest absolute Gasteiger partial charge is 0.157 e. The maximum absolute atomic E-state index is 4.60. The van der Waals surface area contributed by atoms with Crippen LogP contribution in [0.25, 0.3) is 11.0 Å². The van der Waals surface area contributed by atoms with Crippen LogP contribution >= 0.6 is 0 Å². The van der Waals surface area contributed by atoms with Crippen molar-refractivity contribution in [3.05, 3.63) is 83.8 Å². The topological polar surface area (TPSA) is 55.6 Å². The van der Waals surface area contributed by atoms with Crippen molar-refractivity contribution in [1.29, 1.82) is 0 Å². The molecule has 4 rings (SSSR count). The molecule has 0 bridgehead atoms. The molecule has 142 valence electrons. The lowest BCUT2D eigenvalue weighted by atomic mass is 10.1. The summed E-state index contributed by atoms with van der Waals surface area (Å²) in [5, 5.41) is 8.92. The number of hydrogen-bond donors (Lipinski definition) is 1. The fourth-order valence-corrected chi connectivity index (χ4v) is 3.31. The van der Waals surface area contributed by atoms with Crippen LogP contribution in [0.1, 0.15) is 36.6 Å². The summed E-state index contributed by atoms with van der Waals surface area (Å²) in [6.07, 6.45) is 7.70. The van der Waals surface area contributed by atoms with E-state index in [-0.39, 0.29) is 0 Å². The third-order valence-electron chi connectivity index (χ3n) is 4.82. The van der Waals surface area contributed by atoms with E-state index < -0.39 is 0 Å². The number of benzene rings is 1. The summed E-state index contributed by atoms with van der Waals surface area (Å²) in [5.74, 6) is 0.892. The Morgan fingerprint density at radius 3 is 2.54 bits per heavy atom. The fourth-order valence-electron chi connectivity index (χ4n) is 3.31. The van der Waals surface area contributed by atoms with Crippen LogP contribution in [0.4, 0.5) is 5.82 Å². The number of hydrogen-bond acceptors (Lipinski definition) is 4. The molecule has 5 heteroatoms. The highest BCUT2D eigenvalue weighted by atomic mass is 15.3. The van der Waals surface area contributed by atoms with Crippen molar-refractivity contribution in [2.24, 2.45) is 0 Å². The van der Waals surface area contributed by atoms with Crippen molar-refractivity contribution in [1.82, 2.24) is 19.7 Å². The van der Waals surface area contributed by atoms with Gasteiger partial charge in [-0.1, -0.05) is 30.3 Å². The summed E-state index contributed by atoms with van der Waals surface area (Å²) < 4.78 is 1.95. The molecule has 5 nitrogen and oxygen atoms in total. The van der Waals surface area contributed by atoms with Gasteiger partial charge in [-0.2, -0.15) is 5.10 Å². The van der Waals surface area contributed by atoms with E-state index in [1.165, 1.54) is 11.1 Å². The summed E-state index contributed by atoms with van der Waals surface area (Å²) in [4.78, 5) is 9.05. The van der Waals surface area contributed by atoms with Gasteiger partial charge in [-0.15, -0.1) is 0 Å².